The number of halogens is 6. The second-order valence-electron chi connectivity index (χ2n) is 7.66. The number of benzene rings is 4. The van der Waals surface area contributed by atoms with E-state index in [1.165, 1.54) is 54.6 Å². The van der Waals surface area contributed by atoms with Gasteiger partial charge in [0.15, 0.2) is 34.7 Å². The summed E-state index contributed by atoms with van der Waals surface area (Å²) in [5.74, 6) is -5.24. The fourth-order valence-electron chi connectivity index (χ4n) is 3.87. The van der Waals surface area contributed by atoms with Gasteiger partial charge in [-0.2, -0.15) is 0 Å². The Morgan fingerprint density at radius 1 is 0.583 bits per heavy atom. The molecule has 0 bridgehead atoms. The van der Waals surface area contributed by atoms with Crippen LogP contribution in [-0.2, 0) is 0 Å². The maximum Gasteiger partial charge on any atom is 0.197 e. The SMILES string of the molecule is O=C1c2ccccc2C(=O)c2c(F)c(Oc3c(Cl)cccc3Cl)c(Nc3c(Cl)cccc3Cl)c(F)c21. The van der Waals surface area contributed by atoms with Crippen molar-refractivity contribution in [1.82, 2.24) is 0 Å². The van der Waals surface area contributed by atoms with Crippen molar-refractivity contribution in [3.63, 3.8) is 0 Å². The molecular weight excluding hydrogens is 554 g/mol. The van der Waals surface area contributed by atoms with Crippen molar-refractivity contribution >= 4 is 69.3 Å². The van der Waals surface area contributed by atoms with Gasteiger partial charge in [-0.05, 0) is 24.3 Å². The topological polar surface area (TPSA) is 55.4 Å². The third-order valence-electron chi connectivity index (χ3n) is 5.54. The first-order valence-electron chi connectivity index (χ1n) is 10.3. The number of ketones is 2. The normalized spacial score (nSPS) is 12.3. The molecule has 0 atom stereocenters. The van der Waals surface area contributed by atoms with Crippen molar-refractivity contribution in [2.45, 2.75) is 0 Å². The van der Waals surface area contributed by atoms with Crippen LogP contribution < -0.4 is 10.1 Å². The van der Waals surface area contributed by atoms with E-state index in [2.05, 4.69) is 5.32 Å². The van der Waals surface area contributed by atoms with E-state index in [-0.39, 0.29) is 42.7 Å². The molecule has 0 aromatic heterocycles. The van der Waals surface area contributed by atoms with E-state index in [1.54, 1.807) is 6.07 Å². The molecule has 4 aromatic carbocycles. The van der Waals surface area contributed by atoms with Crippen molar-refractivity contribution in [2.24, 2.45) is 0 Å². The number of hydrogen-bond acceptors (Lipinski definition) is 4. The van der Waals surface area contributed by atoms with Gasteiger partial charge >= 0.3 is 0 Å². The van der Waals surface area contributed by atoms with E-state index < -0.39 is 45.8 Å². The van der Waals surface area contributed by atoms with Crippen LogP contribution in [0.25, 0.3) is 0 Å². The summed E-state index contributed by atoms with van der Waals surface area (Å²) in [4.78, 5) is 26.4. The van der Waals surface area contributed by atoms with Crippen LogP contribution >= 0.6 is 46.4 Å². The molecule has 1 aliphatic rings. The summed E-state index contributed by atoms with van der Waals surface area (Å²) in [6.07, 6.45) is 0. The summed E-state index contributed by atoms with van der Waals surface area (Å²) < 4.78 is 37.9. The van der Waals surface area contributed by atoms with E-state index in [0.29, 0.717) is 0 Å². The molecule has 0 unspecified atom stereocenters. The smallest absolute Gasteiger partial charge is 0.197 e. The van der Waals surface area contributed by atoms with Gasteiger partial charge in [-0.15, -0.1) is 0 Å². The molecule has 4 nitrogen and oxygen atoms in total. The quantitative estimate of drug-likeness (QED) is 0.237. The molecule has 1 aliphatic carbocycles. The molecular formula is C26H11Cl4F2NO3. The maximum atomic E-state index is 16.1. The molecule has 0 amide bonds. The van der Waals surface area contributed by atoms with E-state index >= 15 is 8.78 Å². The predicted molar refractivity (Wildman–Crippen MR) is 136 cm³/mol. The van der Waals surface area contributed by atoms with Gasteiger partial charge in [0.2, 0.25) is 0 Å². The van der Waals surface area contributed by atoms with Gasteiger partial charge in [0.05, 0.1) is 36.9 Å². The van der Waals surface area contributed by atoms with Crippen LogP contribution in [0.4, 0.5) is 20.2 Å². The highest BCUT2D eigenvalue weighted by atomic mass is 35.5. The number of ether oxygens (including phenoxy) is 1. The van der Waals surface area contributed by atoms with Gasteiger partial charge in [-0.3, -0.25) is 9.59 Å². The Labute approximate surface area is 223 Å². The van der Waals surface area contributed by atoms with E-state index in [0.717, 1.165) is 0 Å². The van der Waals surface area contributed by atoms with Gasteiger partial charge in [0.1, 0.15) is 5.69 Å². The minimum Gasteiger partial charge on any atom is -0.449 e. The third kappa shape index (κ3) is 3.91. The number of rotatable bonds is 4. The van der Waals surface area contributed by atoms with Crippen LogP contribution in [0, 0.1) is 11.6 Å². The van der Waals surface area contributed by atoms with Crippen molar-refractivity contribution < 1.29 is 23.1 Å². The Morgan fingerprint density at radius 3 is 1.58 bits per heavy atom. The molecule has 0 heterocycles. The lowest BCUT2D eigenvalue weighted by Gasteiger charge is -2.24. The number of carbonyl (C=O) groups excluding carboxylic acids is 2. The van der Waals surface area contributed by atoms with Crippen molar-refractivity contribution in [3.8, 4) is 11.5 Å². The zero-order valence-electron chi connectivity index (χ0n) is 17.8. The predicted octanol–water partition coefficient (Wildman–Crippen LogP) is 8.89. The third-order valence-corrected chi connectivity index (χ3v) is 6.77. The largest absolute Gasteiger partial charge is 0.449 e. The Balaban J connectivity index is 1.81. The van der Waals surface area contributed by atoms with Gasteiger partial charge in [0, 0.05) is 11.1 Å². The van der Waals surface area contributed by atoms with E-state index in [9.17, 15) is 9.59 Å². The highest BCUT2D eigenvalue weighted by molar-refractivity contribution is 6.39. The molecule has 0 saturated carbocycles. The summed E-state index contributed by atoms with van der Waals surface area (Å²) in [7, 11) is 0. The van der Waals surface area contributed by atoms with Crippen LogP contribution in [0.2, 0.25) is 20.1 Å². The van der Waals surface area contributed by atoms with Gasteiger partial charge in [0.25, 0.3) is 0 Å². The number of anilines is 2. The lowest BCUT2D eigenvalue weighted by Crippen LogP contribution is -2.25. The Hall–Kier alpha value is -3.16. The summed E-state index contributed by atoms with van der Waals surface area (Å²) >= 11 is 24.8. The summed E-state index contributed by atoms with van der Waals surface area (Å²) in [6.45, 7) is 0. The average molecular weight is 565 g/mol. The molecule has 180 valence electrons. The highest BCUT2D eigenvalue weighted by Crippen LogP contribution is 2.47. The number of fused-ring (bicyclic) bond motifs is 2. The first-order valence-corrected chi connectivity index (χ1v) is 11.8. The van der Waals surface area contributed by atoms with E-state index in [1.807, 2.05) is 0 Å². The molecule has 1 N–H and O–H groups in total. The molecule has 36 heavy (non-hydrogen) atoms. The summed E-state index contributed by atoms with van der Waals surface area (Å²) in [5.41, 5.74) is -2.26. The molecule has 0 fully saturated rings. The van der Waals surface area contributed by atoms with Crippen molar-refractivity contribution in [2.75, 3.05) is 5.32 Å². The second kappa shape index (κ2) is 9.37. The van der Waals surface area contributed by atoms with Gasteiger partial charge in [-0.25, -0.2) is 8.78 Å². The van der Waals surface area contributed by atoms with Crippen LogP contribution in [-0.4, -0.2) is 11.6 Å². The van der Waals surface area contributed by atoms with Crippen molar-refractivity contribution in [1.29, 1.82) is 0 Å². The molecule has 0 radical (unpaired) electrons. The maximum absolute atomic E-state index is 16.1. The summed E-state index contributed by atoms with van der Waals surface area (Å²) in [6, 6.07) is 14.6. The molecule has 10 heteroatoms. The molecule has 0 aliphatic heterocycles. The molecule has 0 saturated heterocycles. The molecule has 0 spiro atoms. The first kappa shape index (κ1) is 24.5. The average Bonchev–Trinajstić information content (AvgIpc) is 2.85. The van der Waals surface area contributed by atoms with Gasteiger partial charge in [-0.1, -0.05) is 82.8 Å². The van der Waals surface area contributed by atoms with Crippen LogP contribution in [0.5, 0.6) is 11.5 Å². The van der Waals surface area contributed by atoms with Crippen LogP contribution in [0.15, 0.2) is 60.7 Å². The Bertz CT molecular complexity index is 1450. The lowest BCUT2D eigenvalue weighted by atomic mass is 9.83. The zero-order chi connectivity index (χ0) is 25.7. The molecule has 4 aromatic rings. The van der Waals surface area contributed by atoms with Crippen LogP contribution in [0.1, 0.15) is 31.8 Å². The Morgan fingerprint density at radius 2 is 1.06 bits per heavy atom. The standard InChI is InChI=1S/C26H11Cl4F2NO3/c27-13-7-3-8-14(28)21(13)33-22-19(31)17-18(24(35)12-6-2-1-5-11(12)23(17)34)20(32)26(22)36-25-15(29)9-4-10-16(25)30/h1-10,33H. The number of hydrogen-bond donors (Lipinski definition) is 1. The lowest BCUT2D eigenvalue weighted by molar-refractivity contribution is 0.0972. The first-order chi connectivity index (χ1) is 17.2. The van der Waals surface area contributed by atoms with Gasteiger partial charge < -0.3 is 10.1 Å². The Kier molecular flexibility index (Phi) is 6.39. The number of para-hydroxylation sites is 2. The molecule has 5 rings (SSSR count). The van der Waals surface area contributed by atoms with Crippen molar-refractivity contribution in [3.05, 3.63) is 115 Å². The van der Waals surface area contributed by atoms with E-state index in [4.69, 9.17) is 51.1 Å². The highest BCUT2D eigenvalue weighted by Gasteiger charge is 2.39. The number of nitrogens with one attached hydrogen (secondary N) is 1. The minimum atomic E-state index is -1.29. The fraction of sp³-hybridized carbons (Fsp3) is 0. The zero-order valence-corrected chi connectivity index (χ0v) is 20.8. The summed E-state index contributed by atoms with van der Waals surface area (Å²) in [5, 5.41) is 2.78. The minimum absolute atomic E-state index is 0.00509. The number of carbonyl (C=O) groups is 2. The second-order valence-corrected chi connectivity index (χ2v) is 9.29. The fourth-order valence-corrected chi connectivity index (χ4v) is 4.84. The monoisotopic (exact) mass is 563 g/mol. The van der Waals surface area contributed by atoms with Crippen LogP contribution in [0.3, 0.4) is 0 Å².